The van der Waals surface area contributed by atoms with Crippen LogP contribution in [0.15, 0.2) is 71.6 Å². The fourth-order valence-corrected chi connectivity index (χ4v) is 5.97. The van der Waals surface area contributed by atoms with Gasteiger partial charge in [-0.2, -0.15) is 0 Å². The van der Waals surface area contributed by atoms with Crippen LogP contribution in [0.1, 0.15) is 37.5 Å². The molecule has 0 aromatic heterocycles. The monoisotopic (exact) mass is 603 g/mol. The molecule has 1 atom stereocenters. The van der Waals surface area contributed by atoms with Crippen LogP contribution >= 0.6 is 23.2 Å². The van der Waals surface area contributed by atoms with Gasteiger partial charge >= 0.3 is 0 Å². The van der Waals surface area contributed by atoms with Crippen molar-refractivity contribution in [2.24, 2.45) is 5.92 Å². The lowest BCUT2D eigenvalue weighted by Gasteiger charge is -2.32. The van der Waals surface area contributed by atoms with Crippen LogP contribution in [0.5, 0.6) is 0 Å². The molecule has 3 aromatic rings. The first-order chi connectivity index (χ1) is 18.8. The van der Waals surface area contributed by atoms with Crippen LogP contribution in [0.4, 0.5) is 5.69 Å². The van der Waals surface area contributed by atoms with Gasteiger partial charge in [-0.15, -0.1) is 0 Å². The number of amides is 2. The van der Waals surface area contributed by atoms with Crippen molar-refractivity contribution >= 4 is 50.7 Å². The normalized spacial score (nSPS) is 12.2. The van der Waals surface area contributed by atoms with Gasteiger partial charge in [0.25, 0.3) is 10.0 Å². The number of anilines is 1. The molecule has 0 heterocycles. The van der Waals surface area contributed by atoms with Crippen LogP contribution in [-0.2, 0) is 26.2 Å². The maximum Gasteiger partial charge on any atom is 0.264 e. The predicted octanol–water partition coefficient (Wildman–Crippen LogP) is 6.00. The number of nitrogens with one attached hydrogen (secondary N) is 1. The zero-order valence-corrected chi connectivity index (χ0v) is 25.6. The molecule has 0 aliphatic carbocycles. The number of halogens is 2. The Kier molecular flexibility index (Phi) is 10.6. The topological polar surface area (TPSA) is 86.8 Å². The maximum atomic E-state index is 14.0. The molecule has 0 aliphatic heterocycles. The Hall–Kier alpha value is -3.07. The Bertz CT molecular complexity index is 1440. The van der Waals surface area contributed by atoms with Crippen molar-refractivity contribution in [3.05, 3.63) is 93.5 Å². The van der Waals surface area contributed by atoms with Crippen molar-refractivity contribution in [2.45, 2.75) is 52.1 Å². The van der Waals surface area contributed by atoms with Gasteiger partial charge in [-0.25, -0.2) is 8.42 Å². The molecule has 0 spiro atoms. The number of hydrogen-bond donors (Lipinski definition) is 1. The summed E-state index contributed by atoms with van der Waals surface area (Å²) in [5.74, 6) is -0.656. The highest BCUT2D eigenvalue weighted by molar-refractivity contribution is 7.92. The van der Waals surface area contributed by atoms with Crippen LogP contribution < -0.4 is 9.62 Å². The standard InChI is InChI=1S/C30H35Cl2N3O4S/c1-20(2)17-33-30(37)23(5)34(18-24-9-7-6-8-22(24)4)29(36)19-35(27-15-25(31)14-26(32)16-27)40(38,39)28-12-10-21(3)11-13-28/h6-16,20,23H,17-19H2,1-5H3,(H,33,37). The zero-order valence-electron chi connectivity index (χ0n) is 23.3. The predicted molar refractivity (Wildman–Crippen MR) is 161 cm³/mol. The average molecular weight is 605 g/mol. The fourth-order valence-electron chi connectivity index (χ4n) is 4.06. The Morgan fingerprint density at radius 3 is 2.08 bits per heavy atom. The van der Waals surface area contributed by atoms with Gasteiger partial charge in [0, 0.05) is 23.1 Å². The quantitative estimate of drug-likeness (QED) is 0.291. The number of aryl methyl sites for hydroxylation is 2. The van der Waals surface area contributed by atoms with E-state index in [1.165, 1.54) is 35.2 Å². The number of carbonyl (C=O) groups excluding carboxylic acids is 2. The van der Waals surface area contributed by atoms with E-state index in [-0.39, 0.29) is 39.0 Å². The summed E-state index contributed by atoms with van der Waals surface area (Å²) in [6.45, 7) is 9.37. The summed E-state index contributed by atoms with van der Waals surface area (Å²) in [6.07, 6.45) is 0. The van der Waals surface area contributed by atoms with Gasteiger partial charge in [0.2, 0.25) is 11.8 Å². The number of hydrogen-bond acceptors (Lipinski definition) is 4. The molecule has 0 bridgehead atoms. The van der Waals surface area contributed by atoms with Gasteiger partial charge in [-0.1, -0.05) is 79.0 Å². The third-order valence-electron chi connectivity index (χ3n) is 6.48. The van der Waals surface area contributed by atoms with Crippen LogP contribution in [0.2, 0.25) is 10.0 Å². The lowest BCUT2D eigenvalue weighted by Crippen LogP contribution is -2.51. The number of rotatable bonds is 11. The van der Waals surface area contributed by atoms with Crippen molar-refractivity contribution in [3.63, 3.8) is 0 Å². The van der Waals surface area contributed by atoms with E-state index in [2.05, 4.69) is 5.32 Å². The molecule has 3 rings (SSSR count). The molecule has 40 heavy (non-hydrogen) atoms. The van der Waals surface area contributed by atoms with Gasteiger partial charge in [0.15, 0.2) is 0 Å². The zero-order chi connectivity index (χ0) is 29.6. The summed E-state index contributed by atoms with van der Waals surface area (Å²) >= 11 is 12.5. The van der Waals surface area contributed by atoms with Gasteiger partial charge in [-0.3, -0.25) is 13.9 Å². The van der Waals surface area contributed by atoms with E-state index in [9.17, 15) is 18.0 Å². The SMILES string of the molecule is Cc1ccc(S(=O)(=O)N(CC(=O)N(Cc2ccccc2C)C(C)C(=O)NCC(C)C)c2cc(Cl)cc(Cl)c2)cc1. The van der Waals surface area contributed by atoms with E-state index in [0.29, 0.717) is 6.54 Å². The van der Waals surface area contributed by atoms with Crippen molar-refractivity contribution in [1.29, 1.82) is 0 Å². The second kappa shape index (κ2) is 13.5. The van der Waals surface area contributed by atoms with Crippen LogP contribution in [0.25, 0.3) is 0 Å². The van der Waals surface area contributed by atoms with E-state index < -0.39 is 28.5 Å². The summed E-state index contributed by atoms with van der Waals surface area (Å²) in [6, 6.07) is 17.4. The molecule has 1 N–H and O–H groups in total. The fraction of sp³-hybridized carbons (Fsp3) is 0.333. The van der Waals surface area contributed by atoms with E-state index in [1.807, 2.05) is 52.0 Å². The van der Waals surface area contributed by atoms with Gasteiger partial charge in [0.05, 0.1) is 10.6 Å². The number of sulfonamides is 1. The largest absolute Gasteiger partial charge is 0.354 e. The van der Waals surface area contributed by atoms with Crippen LogP contribution in [-0.4, -0.2) is 44.3 Å². The molecule has 2 amide bonds. The second-order valence-corrected chi connectivity index (χ2v) is 13.0. The van der Waals surface area contributed by atoms with E-state index in [0.717, 1.165) is 21.0 Å². The average Bonchev–Trinajstić information content (AvgIpc) is 2.88. The number of nitrogens with zero attached hydrogens (tertiary/aromatic N) is 2. The van der Waals surface area contributed by atoms with Gasteiger partial charge < -0.3 is 10.2 Å². The molecule has 0 fully saturated rings. The smallest absolute Gasteiger partial charge is 0.264 e. The van der Waals surface area contributed by atoms with E-state index >= 15 is 0 Å². The van der Waals surface area contributed by atoms with E-state index in [4.69, 9.17) is 23.2 Å². The van der Waals surface area contributed by atoms with Crippen LogP contribution in [0, 0.1) is 19.8 Å². The minimum Gasteiger partial charge on any atom is -0.354 e. The van der Waals surface area contributed by atoms with Crippen molar-refractivity contribution < 1.29 is 18.0 Å². The molecule has 0 radical (unpaired) electrons. The minimum atomic E-state index is -4.21. The Labute approximate surface area is 247 Å². The molecular weight excluding hydrogens is 569 g/mol. The van der Waals surface area contributed by atoms with E-state index in [1.54, 1.807) is 19.1 Å². The summed E-state index contributed by atoms with van der Waals surface area (Å²) in [5.41, 5.74) is 2.82. The third-order valence-corrected chi connectivity index (χ3v) is 8.70. The Morgan fingerprint density at radius 2 is 1.50 bits per heavy atom. The van der Waals surface area contributed by atoms with Crippen molar-refractivity contribution in [2.75, 3.05) is 17.4 Å². The number of benzene rings is 3. The molecule has 10 heteroatoms. The lowest BCUT2D eigenvalue weighted by atomic mass is 10.1. The first kappa shape index (κ1) is 31.5. The summed E-state index contributed by atoms with van der Waals surface area (Å²) in [4.78, 5) is 28.5. The second-order valence-electron chi connectivity index (χ2n) is 10.2. The van der Waals surface area contributed by atoms with Crippen LogP contribution in [0.3, 0.4) is 0 Å². The molecule has 7 nitrogen and oxygen atoms in total. The highest BCUT2D eigenvalue weighted by Gasteiger charge is 2.33. The highest BCUT2D eigenvalue weighted by atomic mass is 35.5. The Balaban J connectivity index is 2.06. The molecule has 3 aromatic carbocycles. The number of carbonyl (C=O) groups is 2. The molecule has 1 unspecified atom stereocenters. The summed E-state index contributed by atoms with van der Waals surface area (Å²) in [7, 11) is -4.21. The Morgan fingerprint density at radius 1 is 0.900 bits per heavy atom. The molecule has 0 aliphatic rings. The maximum absolute atomic E-state index is 14.0. The third kappa shape index (κ3) is 7.99. The first-order valence-corrected chi connectivity index (χ1v) is 15.2. The minimum absolute atomic E-state index is 0.00942. The van der Waals surface area contributed by atoms with Crippen molar-refractivity contribution in [3.8, 4) is 0 Å². The highest BCUT2D eigenvalue weighted by Crippen LogP contribution is 2.30. The summed E-state index contributed by atoms with van der Waals surface area (Å²) in [5, 5.41) is 3.32. The lowest BCUT2D eigenvalue weighted by molar-refractivity contribution is -0.139. The van der Waals surface area contributed by atoms with Gasteiger partial charge in [0.1, 0.15) is 12.6 Å². The molecular formula is C30H35Cl2N3O4S. The van der Waals surface area contributed by atoms with Crippen molar-refractivity contribution in [1.82, 2.24) is 10.2 Å². The molecule has 214 valence electrons. The summed E-state index contributed by atoms with van der Waals surface area (Å²) < 4.78 is 28.8. The van der Waals surface area contributed by atoms with Gasteiger partial charge in [-0.05, 0) is 68.1 Å². The first-order valence-electron chi connectivity index (χ1n) is 13.0. The molecule has 0 saturated heterocycles. The molecule has 0 saturated carbocycles.